The van der Waals surface area contributed by atoms with Crippen LogP contribution in [0.2, 0.25) is 5.02 Å². The third kappa shape index (κ3) is 4.84. The molecule has 2 aromatic rings. The first-order chi connectivity index (χ1) is 15.4. The fraction of sp³-hybridized carbons (Fsp3) is 0.208. The highest BCUT2D eigenvalue weighted by Crippen LogP contribution is 2.32. The number of allylic oxidation sites excluding steroid dienone is 3. The molecule has 1 atom stereocenters. The van der Waals surface area contributed by atoms with Gasteiger partial charge in [0.25, 0.3) is 5.91 Å². The summed E-state index contributed by atoms with van der Waals surface area (Å²) < 4.78 is 0. The van der Waals surface area contributed by atoms with E-state index in [9.17, 15) is 9.59 Å². The van der Waals surface area contributed by atoms with E-state index in [-0.39, 0.29) is 5.91 Å². The van der Waals surface area contributed by atoms with Crippen molar-refractivity contribution >= 4 is 40.6 Å². The molecular weight excluding hydrogens is 426 g/mol. The van der Waals surface area contributed by atoms with E-state index in [4.69, 9.17) is 11.6 Å². The predicted molar refractivity (Wildman–Crippen MR) is 128 cm³/mol. The number of carbonyl (C=O) groups is 2. The molecular formula is C24H24ClN5O2. The van der Waals surface area contributed by atoms with E-state index in [2.05, 4.69) is 15.7 Å². The monoisotopic (exact) mass is 449 g/mol. The van der Waals surface area contributed by atoms with Gasteiger partial charge in [-0.2, -0.15) is 5.10 Å². The van der Waals surface area contributed by atoms with Crippen LogP contribution in [0.25, 0.3) is 0 Å². The van der Waals surface area contributed by atoms with Crippen molar-refractivity contribution in [2.24, 2.45) is 5.10 Å². The number of para-hydroxylation sites is 1. The van der Waals surface area contributed by atoms with E-state index in [0.29, 0.717) is 23.6 Å². The molecule has 2 aromatic carbocycles. The van der Waals surface area contributed by atoms with Gasteiger partial charge in [0.1, 0.15) is 6.04 Å². The molecule has 0 radical (unpaired) electrons. The van der Waals surface area contributed by atoms with Gasteiger partial charge in [-0.15, -0.1) is 0 Å². The molecule has 0 saturated carbocycles. The minimum Gasteiger partial charge on any atom is -0.326 e. The summed E-state index contributed by atoms with van der Waals surface area (Å²) in [5, 5.41) is 12.3. The van der Waals surface area contributed by atoms with Crippen LogP contribution in [0.5, 0.6) is 0 Å². The number of anilines is 2. The molecule has 1 aliphatic carbocycles. The zero-order valence-electron chi connectivity index (χ0n) is 17.9. The Morgan fingerprint density at radius 1 is 1.12 bits per heavy atom. The highest BCUT2D eigenvalue weighted by Gasteiger charge is 2.35. The summed E-state index contributed by atoms with van der Waals surface area (Å²) in [6.07, 6.45) is 6.81. The molecule has 0 saturated heterocycles. The van der Waals surface area contributed by atoms with Crippen molar-refractivity contribution in [3.63, 3.8) is 0 Å². The van der Waals surface area contributed by atoms with Crippen LogP contribution in [0, 0.1) is 0 Å². The van der Waals surface area contributed by atoms with Crippen LogP contribution in [0.4, 0.5) is 16.2 Å². The molecule has 32 heavy (non-hydrogen) atoms. The second kappa shape index (κ2) is 9.28. The Hall–Kier alpha value is -3.58. The molecule has 164 valence electrons. The summed E-state index contributed by atoms with van der Waals surface area (Å²) in [6, 6.07) is 13.4. The van der Waals surface area contributed by atoms with Crippen molar-refractivity contribution in [3.05, 3.63) is 83.0 Å². The lowest BCUT2D eigenvalue weighted by Crippen LogP contribution is -2.53. The number of hydrogen-bond acceptors (Lipinski definition) is 4. The van der Waals surface area contributed by atoms with Crippen molar-refractivity contribution < 1.29 is 9.59 Å². The summed E-state index contributed by atoms with van der Waals surface area (Å²) >= 11 is 5.90. The average Bonchev–Trinajstić information content (AvgIpc) is 2.76. The molecule has 2 aliphatic rings. The number of halogens is 1. The minimum atomic E-state index is -0.691. The van der Waals surface area contributed by atoms with Crippen molar-refractivity contribution in [3.8, 4) is 0 Å². The highest BCUT2D eigenvalue weighted by atomic mass is 35.5. The lowest BCUT2D eigenvalue weighted by Gasteiger charge is -2.35. The molecule has 7 nitrogen and oxygen atoms in total. The molecule has 1 unspecified atom stereocenters. The normalized spacial score (nSPS) is 18.8. The third-order valence-electron chi connectivity index (χ3n) is 5.14. The maximum atomic E-state index is 13.4. The first-order valence-electron chi connectivity index (χ1n) is 10.3. The number of nitrogens with zero attached hydrogens (tertiary/aromatic N) is 3. The van der Waals surface area contributed by atoms with Crippen LogP contribution < -0.4 is 15.5 Å². The molecule has 4 rings (SSSR count). The fourth-order valence-corrected chi connectivity index (χ4v) is 3.87. The Morgan fingerprint density at radius 2 is 1.88 bits per heavy atom. The van der Waals surface area contributed by atoms with E-state index in [0.717, 1.165) is 22.7 Å². The highest BCUT2D eigenvalue weighted by molar-refractivity contribution is 6.30. The summed E-state index contributed by atoms with van der Waals surface area (Å²) in [7, 11) is 3.74. The number of urea groups is 1. The average molecular weight is 450 g/mol. The van der Waals surface area contributed by atoms with Crippen LogP contribution in [0.15, 0.2) is 77.6 Å². The summed E-state index contributed by atoms with van der Waals surface area (Å²) in [5.41, 5.74) is 4.10. The SMILES string of the molecule is CN(C)N=C1C=CC(N2C(=O)C(NC(=O)Nc3ccc(Cl)cc3)Cc3ccccc32)=CC1. The standard InChI is InChI=1S/C24H24ClN5O2/c1-29(2)28-19-11-13-20(14-12-19)30-22-6-4-3-5-16(22)15-21(23(30)31)27-24(32)26-18-9-7-17(25)8-10-18/h3-11,13-14,21H,12,15H2,1-2H3,(H2,26,27,32). The maximum absolute atomic E-state index is 13.4. The van der Waals surface area contributed by atoms with Gasteiger partial charge in [-0.05, 0) is 48.0 Å². The smallest absolute Gasteiger partial charge is 0.319 e. The molecule has 8 heteroatoms. The van der Waals surface area contributed by atoms with E-state index in [1.807, 2.05) is 56.6 Å². The quantitative estimate of drug-likeness (QED) is 0.687. The number of hydrazone groups is 1. The number of hydrogen-bond donors (Lipinski definition) is 2. The van der Waals surface area contributed by atoms with Gasteiger partial charge in [-0.3, -0.25) is 9.69 Å². The number of nitrogens with one attached hydrogen (secondary N) is 2. The Bertz CT molecular complexity index is 1120. The molecule has 1 heterocycles. The van der Waals surface area contributed by atoms with Gasteiger partial charge < -0.3 is 15.6 Å². The first kappa shape index (κ1) is 21.6. The minimum absolute atomic E-state index is 0.182. The molecule has 0 fully saturated rings. The van der Waals surface area contributed by atoms with E-state index >= 15 is 0 Å². The Balaban J connectivity index is 1.54. The molecule has 2 N–H and O–H groups in total. The van der Waals surface area contributed by atoms with Crippen molar-refractivity contribution in [2.45, 2.75) is 18.9 Å². The van der Waals surface area contributed by atoms with Crippen molar-refractivity contribution in [2.75, 3.05) is 24.3 Å². The Labute approximate surface area is 192 Å². The van der Waals surface area contributed by atoms with Crippen LogP contribution >= 0.6 is 11.6 Å². The Morgan fingerprint density at radius 3 is 2.56 bits per heavy atom. The largest absolute Gasteiger partial charge is 0.326 e. The number of fused-ring (bicyclic) bond motifs is 1. The molecule has 0 bridgehead atoms. The number of carbonyl (C=O) groups excluding carboxylic acids is 2. The maximum Gasteiger partial charge on any atom is 0.319 e. The lowest BCUT2D eigenvalue weighted by atomic mass is 9.95. The van der Waals surface area contributed by atoms with Gasteiger partial charge in [-0.25, -0.2) is 4.79 Å². The van der Waals surface area contributed by atoms with Crippen LogP contribution in [0.1, 0.15) is 12.0 Å². The number of amides is 3. The van der Waals surface area contributed by atoms with Crippen molar-refractivity contribution in [1.82, 2.24) is 10.3 Å². The van der Waals surface area contributed by atoms with Gasteiger partial charge in [0.15, 0.2) is 0 Å². The van der Waals surface area contributed by atoms with Gasteiger partial charge >= 0.3 is 6.03 Å². The van der Waals surface area contributed by atoms with E-state index in [1.54, 1.807) is 34.2 Å². The van der Waals surface area contributed by atoms with Gasteiger partial charge in [0.2, 0.25) is 0 Å². The topological polar surface area (TPSA) is 77.0 Å². The number of rotatable bonds is 4. The van der Waals surface area contributed by atoms with E-state index < -0.39 is 12.1 Å². The second-order valence-electron chi connectivity index (χ2n) is 7.77. The van der Waals surface area contributed by atoms with Gasteiger partial charge in [-0.1, -0.05) is 35.9 Å². The summed E-state index contributed by atoms with van der Waals surface area (Å²) in [4.78, 5) is 27.7. The van der Waals surface area contributed by atoms with E-state index in [1.165, 1.54) is 0 Å². The summed E-state index contributed by atoms with van der Waals surface area (Å²) in [5.74, 6) is -0.182. The predicted octanol–water partition coefficient (Wildman–Crippen LogP) is 4.18. The van der Waals surface area contributed by atoms with Gasteiger partial charge in [0.05, 0.1) is 11.4 Å². The molecule has 0 aromatic heterocycles. The zero-order chi connectivity index (χ0) is 22.7. The lowest BCUT2D eigenvalue weighted by molar-refractivity contribution is -0.120. The van der Waals surface area contributed by atoms with Crippen molar-refractivity contribution in [1.29, 1.82) is 0 Å². The first-order valence-corrected chi connectivity index (χ1v) is 10.7. The van der Waals surface area contributed by atoms with Gasteiger partial charge in [0, 0.05) is 43.3 Å². The fourth-order valence-electron chi connectivity index (χ4n) is 3.74. The second-order valence-corrected chi connectivity index (χ2v) is 8.21. The zero-order valence-corrected chi connectivity index (χ0v) is 18.6. The Kier molecular flexibility index (Phi) is 6.28. The number of benzene rings is 2. The van der Waals surface area contributed by atoms with Crippen LogP contribution in [-0.4, -0.2) is 42.8 Å². The molecule has 1 aliphatic heterocycles. The summed E-state index contributed by atoms with van der Waals surface area (Å²) in [6.45, 7) is 0. The molecule has 3 amide bonds. The molecule has 0 spiro atoms. The van der Waals surface area contributed by atoms with Crippen LogP contribution in [0.3, 0.4) is 0 Å². The third-order valence-corrected chi connectivity index (χ3v) is 5.39. The van der Waals surface area contributed by atoms with Crippen LogP contribution in [-0.2, 0) is 11.2 Å².